The van der Waals surface area contributed by atoms with Crippen LogP contribution in [0.25, 0.3) is 0 Å². The molecule has 0 spiro atoms. The van der Waals surface area contributed by atoms with Gasteiger partial charge in [-0.3, -0.25) is 15.1 Å². The zero-order valence-electron chi connectivity index (χ0n) is 10.3. The molecule has 0 radical (unpaired) electrons. The van der Waals surface area contributed by atoms with Crippen molar-refractivity contribution in [2.45, 2.75) is 13.3 Å². The number of rotatable bonds is 5. The van der Waals surface area contributed by atoms with E-state index in [-0.39, 0.29) is 5.91 Å². The zero-order valence-corrected chi connectivity index (χ0v) is 12.7. The zero-order chi connectivity index (χ0) is 13.7. The Balaban J connectivity index is 2.14. The molecule has 2 aromatic rings. The molecule has 0 fully saturated rings. The highest BCUT2D eigenvalue weighted by Gasteiger charge is 2.13. The van der Waals surface area contributed by atoms with Crippen LogP contribution in [0, 0.1) is 0 Å². The van der Waals surface area contributed by atoms with Crippen molar-refractivity contribution in [1.29, 1.82) is 0 Å². The van der Waals surface area contributed by atoms with E-state index in [1.165, 1.54) is 11.3 Å². The molecule has 0 saturated carbocycles. The van der Waals surface area contributed by atoms with Crippen molar-refractivity contribution in [1.82, 2.24) is 9.97 Å². The first kappa shape index (κ1) is 14.0. The Bertz CT molecular complexity index is 572. The van der Waals surface area contributed by atoms with Gasteiger partial charge < -0.3 is 5.32 Å². The summed E-state index contributed by atoms with van der Waals surface area (Å²) in [5.41, 5.74) is 1.30. The molecule has 0 aromatic carbocycles. The first-order valence-electron chi connectivity index (χ1n) is 5.81. The summed E-state index contributed by atoms with van der Waals surface area (Å²) in [4.78, 5) is 20.2. The number of carbonyl (C=O) groups is 1. The number of pyridine rings is 1. The maximum atomic E-state index is 12.2. The second-order valence-corrected chi connectivity index (χ2v) is 6.18. The molecule has 19 heavy (non-hydrogen) atoms. The molecule has 2 heterocycles. The molecule has 7 heteroatoms. The van der Waals surface area contributed by atoms with Gasteiger partial charge in [0.2, 0.25) is 0 Å². The predicted molar refractivity (Wildman–Crippen MR) is 80.8 cm³/mol. The van der Waals surface area contributed by atoms with Gasteiger partial charge in [0.05, 0.1) is 21.2 Å². The monoisotopic (exact) mass is 340 g/mol. The Morgan fingerprint density at radius 3 is 3.00 bits per heavy atom. The van der Waals surface area contributed by atoms with Crippen molar-refractivity contribution in [2.75, 3.05) is 17.2 Å². The topological polar surface area (TPSA) is 66.9 Å². The normalized spacial score (nSPS) is 10.2. The Hall–Kier alpha value is -1.47. The molecule has 0 unspecified atom stereocenters. The van der Waals surface area contributed by atoms with Crippen LogP contribution in [0.3, 0.4) is 0 Å². The number of hydrogen-bond acceptors (Lipinski definition) is 5. The molecular weight excluding hydrogens is 328 g/mol. The fourth-order valence-corrected chi connectivity index (χ4v) is 2.57. The van der Waals surface area contributed by atoms with E-state index in [0.29, 0.717) is 10.7 Å². The summed E-state index contributed by atoms with van der Waals surface area (Å²) in [5, 5.41) is 6.52. The average molecular weight is 341 g/mol. The smallest absolute Gasteiger partial charge is 0.261 e. The summed E-state index contributed by atoms with van der Waals surface area (Å²) in [6.07, 6.45) is 5.85. The fourth-order valence-electron chi connectivity index (χ4n) is 1.47. The van der Waals surface area contributed by atoms with Crippen LogP contribution in [0.15, 0.2) is 28.4 Å². The van der Waals surface area contributed by atoms with Gasteiger partial charge in [0.25, 0.3) is 5.91 Å². The number of amides is 1. The van der Waals surface area contributed by atoms with Crippen LogP contribution in [0.5, 0.6) is 0 Å². The Kier molecular flexibility index (Phi) is 4.86. The van der Waals surface area contributed by atoms with Crippen LogP contribution in [0.4, 0.5) is 10.8 Å². The van der Waals surface area contributed by atoms with Crippen molar-refractivity contribution in [3.8, 4) is 0 Å². The summed E-state index contributed by atoms with van der Waals surface area (Å²) in [6.45, 7) is 2.88. The number of carbonyl (C=O) groups excluding carboxylic acids is 1. The van der Waals surface area contributed by atoms with Gasteiger partial charge in [0, 0.05) is 18.9 Å². The first-order valence-corrected chi connectivity index (χ1v) is 7.42. The summed E-state index contributed by atoms with van der Waals surface area (Å²) in [7, 11) is 0. The Morgan fingerprint density at radius 1 is 1.47 bits per heavy atom. The number of hydrogen-bond donors (Lipinski definition) is 2. The number of thiazole rings is 1. The lowest BCUT2D eigenvalue weighted by Gasteiger charge is -2.09. The minimum Gasteiger partial charge on any atom is -0.384 e. The molecule has 0 atom stereocenters. The van der Waals surface area contributed by atoms with Gasteiger partial charge in [-0.1, -0.05) is 18.3 Å². The van der Waals surface area contributed by atoms with E-state index in [1.807, 2.05) is 0 Å². The highest BCUT2D eigenvalue weighted by atomic mass is 79.9. The lowest BCUT2D eigenvalue weighted by molar-refractivity contribution is 0.102. The molecule has 0 saturated heterocycles. The van der Waals surface area contributed by atoms with Gasteiger partial charge in [-0.25, -0.2) is 4.98 Å². The van der Waals surface area contributed by atoms with Gasteiger partial charge in [0.15, 0.2) is 5.13 Å². The number of anilines is 2. The molecule has 1 amide bonds. The van der Waals surface area contributed by atoms with Gasteiger partial charge >= 0.3 is 0 Å². The number of aromatic nitrogens is 2. The van der Waals surface area contributed by atoms with Crippen molar-refractivity contribution < 1.29 is 4.79 Å². The minimum atomic E-state index is -0.214. The summed E-state index contributed by atoms with van der Waals surface area (Å²) in [6, 6.07) is 1.79. The summed E-state index contributed by atoms with van der Waals surface area (Å²) < 4.78 is 0.873. The lowest BCUT2D eigenvalue weighted by atomic mass is 10.2. The van der Waals surface area contributed by atoms with E-state index >= 15 is 0 Å². The molecule has 2 aromatic heterocycles. The Morgan fingerprint density at radius 2 is 2.32 bits per heavy atom. The number of nitrogens with one attached hydrogen (secondary N) is 2. The van der Waals surface area contributed by atoms with Crippen molar-refractivity contribution in [3.63, 3.8) is 0 Å². The molecule has 5 nitrogen and oxygen atoms in total. The highest BCUT2D eigenvalue weighted by Crippen LogP contribution is 2.24. The van der Waals surface area contributed by atoms with E-state index in [0.717, 1.165) is 22.4 Å². The van der Waals surface area contributed by atoms with Gasteiger partial charge in [-0.2, -0.15) is 0 Å². The third kappa shape index (κ3) is 3.74. The largest absolute Gasteiger partial charge is 0.384 e. The number of halogens is 1. The van der Waals surface area contributed by atoms with E-state index in [1.54, 1.807) is 24.7 Å². The van der Waals surface area contributed by atoms with Gasteiger partial charge in [0.1, 0.15) is 0 Å². The molecule has 2 N–H and O–H groups in total. The molecule has 0 aliphatic heterocycles. The van der Waals surface area contributed by atoms with Crippen LogP contribution in [0.2, 0.25) is 0 Å². The third-order valence-corrected chi connectivity index (χ3v) is 3.72. The van der Waals surface area contributed by atoms with E-state index in [4.69, 9.17) is 0 Å². The molecule has 100 valence electrons. The quantitative estimate of drug-likeness (QED) is 0.875. The maximum absolute atomic E-state index is 12.2. The second-order valence-electron chi connectivity index (χ2n) is 3.77. The van der Waals surface area contributed by atoms with E-state index < -0.39 is 0 Å². The van der Waals surface area contributed by atoms with E-state index in [2.05, 4.69) is 43.5 Å². The molecule has 0 bridgehead atoms. The average Bonchev–Trinajstić information content (AvgIpc) is 2.82. The SMILES string of the molecule is CCCNc1ccncc1C(=O)Nc1ncc(Br)s1. The van der Waals surface area contributed by atoms with Gasteiger partial charge in [-0.15, -0.1) is 0 Å². The van der Waals surface area contributed by atoms with Crippen LogP contribution in [-0.4, -0.2) is 22.4 Å². The minimum absolute atomic E-state index is 0.214. The standard InChI is InChI=1S/C12H13BrN4OS/c1-2-4-15-9-3-5-14-6-8(9)11(18)17-12-16-7-10(13)19-12/h3,5-7H,2,4H2,1H3,(H,14,15)(H,16,17,18). The van der Waals surface area contributed by atoms with E-state index in [9.17, 15) is 4.79 Å². The molecule has 0 aliphatic rings. The molecular formula is C12H13BrN4OS. The van der Waals surface area contributed by atoms with Crippen LogP contribution in [0.1, 0.15) is 23.7 Å². The van der Waals surface area contributed by atoms with Crippen molar-refractivity contribution in [3.05, 3.63) is 34.0 Å². The third-order valence-electron chi connectivity index (χ3n) is 2.33. The summed E-state index contributed by atoms with van der Waals surface area (Å²) >= 11 is 4.67. The maximum Gasteiger partial charge on any atom is 0.261 e. The van der Waals surface area contributed by atoms with Crippen LogP contribution >= 0.6 is 27.3 Å². The first-order chi connectivity index (χ1) is 9.20. The Labute approximate surface area is 123 Å². The highest BCUT2D eigenvalue weighted by molar-refractivity contribution is 9.11. The van der Waals surface area contributed by atoms with Crippen molar-refractivity contribution in [2.24, 2.45) is 0 Å². The second kappa shape index (κ2) is 6.63. The van der Waals surface area contributed by atoms with Crippen LogP contribution < -0.4 is 10.6 Å². The van der Waals surface area contributed by atoms with Crippen molar-refractivity contribution >= 4 is 44.0 Å². The number of nitrogens with zero attached hydrogens (tertiary/aromatic N) is 2. The van der Waals surface area contributed by atoms with Crippen LogP contribution in [-0.2, 0) is 0 Å². The molecule has 2 rings (SSSR count). The lowest BCUT2D eigenvalue weighted by Crippen LogP contribution is -2.15. The summed E-state index contributed by atoms with van der Waals surface area (Å²) in [5.74, 6) is -0.214. The fraction of sp³-hybridized carbons (Fsp3) is 0.250. The predicted octanol–water partition coefficient (Wildman–Crippen LogP) is 3.37. The van der Waals surface area contributed by atoms with Gasteiger partial charge in [-0.05, 0) is 28.4 Å². The molecule has 0 aliphatic carbocycles.